The minimum atomic E-state index is 0.827. The second kappa shape index (κ2) is 5.61. The summed E-state index contributed by atoms with van der Waals surface area (Å²) in [5.74, 6) is 0. The molecule has 1 heterocycles. The van der Waals surface area contributed by atoms with Gasteiger partial charge in [-0.25, -0.2) is 0 Å². The van der Waals surface area contributed by atoms with Crippen LogP contribution in [0.1, 0.15) is 12.8 Å². The summed E-state index contributed by atoms with van der Waals surface area (Å²) in [5, 5.41) is 3.33. The molecular formula is C10H16N2. The maximum Gasteiger partial charge on any atom is 0.0310 e. The molecule has 1 rings (SSSR count). The molecule has 0 atom stereocenters. The summed E-state index contributed by atoms with van der Waals surface area (Å²) >= 11 is 0. The number of hydrogen-bond acceptors (Lipinski definition) is 2. The van der Waals surface area contributed by atoms with Crippen LogP contribution in [0.2, 0.25) is 0 Å². The van der Waals surface area contributed by atoms with E-state index >= 15 is 0 Å². The van der Waals surface area contributed by atoms with E-state index in [9.17, 15) is 0 Å². The van der Waals surface area contributed by atoms with Crippen LogP contribution in [-0.4, -0.2) is 13.1 Å². The van der Waals surface area contributed by atoms with E-state index in [4.69, 9.17) is 5.73 Å². The van der Waals surface area contributed by atoms with Gasteiger partial charge in [0.2, 0.25) is 0 Å². The second-order valence-corrected chi connectivity index (χ2v) is 2.82. The van der Waals surface area contributed by atoms with E-state index < -0.39 is 0 Å². The van der Waals surface area contributed by atoms with E-state index in [1.165, 1.54) is 0 Å². The normalized spacial score (nSPS) is 29.5. The molecule has 0 aliphatic carbocycles. The van der Waals surface area contributed by atoms with Gasteiger partial charge in [-0.15, -0.1) is 0 Å². The van der Waals surface area contributed by atoms with Crippen molar-refractivity contribution in [3.05, 3.63) is 36.1 Å². The molecule has 0 aromatic rings. The first-order valence-electron chi connectivity index (χ1n) is 4.39. The molecule has 1 aliphatic heterocycles. The van der Waals surface area contributed by atoms with E-state index in [-0.39, 0.29) is 0 Å². The van der Waals surface area contributed by atoms with Crippen molar-refractivity contribution in [3.8, 4) is 0 Å². The van der Waals surface area contributed by atoms with Crippen LogP contribution in [0.25, 0.3) is 0 Å². The molecule has 0 fully saturated rings. The smallest absolute Gasteiger partial charge is 0.0310 e. The molecule has 0 radical (unpaired) electrons. The Bertz CT molecular complexity index is 202. The molecule has 3 N–H and O–H groups in total. The molecule has 12 heavy (non-hydrogen) atoms. The van der Waals surface area contributed by atoms with Crippen molar-refractivity contribution in [2.75, 3.05) is 13.1 Å². The third kappa shape index (κ3) is 3.98. The van der Waals surface area contributed by atoms with E-state index in [1.807, 2.05) is 18.2 Å². The van der Waals surface area contributed by atoms with Gasteiger partial charge in [0.15, 0.2) is 0 Å². The summed E-state index contributed by atoms with van der Waals surface area (Å²) in [7, 11) is 0. The molecule has 0 spiro atoms. The molecule has 0 saturated carbocycles. The maximum absolute atomic E-state index is 5.68. The topological polar surface area (TPSA) is 38.0 Å². The maximum atomic E-state index is 5.68. The first kappa shape index (κ1) is 9.07. The van der Waals surface area contributed by atoms with Gasteiger partial charge in [-0.3, -0.25) is 0 Å². The zero-order valence-corrected chi connectivity index (χ0v) is 7.29. The van der Waals surface area contributed by atoms with Gasteiger partial charge >= 0.3 is 0 Å². The lowest BCUT2D eigenvalue weighted by molar-refractivity contribution is 0.697. The molecule has 2 heteroatoms. The Kier molecular flexibility index (Phi) is 4.24. The second-order valence-electron chi connectivity index (χ2n) is 2.82. The van der Waals surface area contributed by atoms with Crippen molar-refractivity contribution in [3.63, 3.8) is 0 Å². The Balaban J connectivity index is 2.51. The van der Waals surface area contributed by atoms with Crippen LogP contribution < -0.4 is 11.1 Å². The summed E-state index contributed by atoms with van der Waals surface area (Å²) < 4.78 is 0. The van der Waals surface area contributed by atoms with Crippen molar-refractivity contribution in [2.45, 2.75) is 12.8 Å². The summed E-state index contributed by atoms with van der Waals surface area (Å²) in [6.45, 7) is 2.09. The van der Waals surface area contributed by atoms with Gasteiger partial charge in [-0.2, -0.15) is 0 Å². The fraction of sp³-hybridized carbons (Fsp3) is 0.400. The highest BCUT2D eigenvalue weighted by Gasteiger charge is 1.86. The Morgan fingerprint density at radius 3 is 2.75 bits per heavy atom. The van der Waals surface area contributed by atoms with Gasteiger partial charge in [0.25, 0.3) is 0 Å². The zero-order valence-electron chi connectivity index (χ0n) is 7.29. The molecule has 66 valence electrons. The molecule has 0 aromatic carbocycles. The lowest BCUT2D eigenvalue weighted by Crippen LogP contribution is -2.15. The van der Waals surface area contributed by atoms with Gasteiger partial charge in [0.1, 0.15) is 0 Å². The zero-order chi connectivity index (χ0) is 8.65. The number of hydrogen-bond donors (Lipinski definition) is 2. The van der Waals surface area contributed by atoms with Crippen LogP contribution in [0.3, 0.4) is 0 Å². The van der Waals surface area contributed by atoms with E-state index in [0.717, 1.165) is 31.6 Å². The quantitative estimate of drug-likeness (QED) is 0.566. The predicted octanol–water partition coefficient (Wildman–Crippen LogP) is 1.32. The van der Waals surface area contributed by atoms with Crippen LogP contribution in [0.5, 0.6) is 0 Å². The minimum Gasteiger partial charge on any atom is -0.399 e. The fourth-order valence-electron chi connectivity index (χ4n) is 1.05. The first-order valence-corrected chi connectivity index (χ1v) is 4.39. The third-order valence-corrected chi connectivity index (χ3v) is 1.71. The highest BCUT2D eigenvalue weighted by atomic mass is 14.8. The van der Waals surface area contributed by atoms with Gasteiger partial charge in [0.05, 0.1) is 0 Å². The SMILES string of the molecule is NC1=C/C=C/CCNCC\C=C\1. The first-order chi connectivity index (χ1) is 5.89. The average Bonchev–Trinajstić information content (AvgIpc) is 2.11. The summed E-state index contributed by atoms with van der Waals surface area (Å²) in [4.78, 5) is 0. The van der Waals surface area contributed by atoms with Crippen LogP contribution >= 0.6 is 0 Å². The highest BCUT2D eigenvalue weighted by molar-refractivity contribution is 5.20. The molecule has 2 nitrogen and oxygen atoms in total. The van der Waals surface area contributed by atoms with Crippen LogP contribution in [0.4, 0.5) is 0 Å². The van der Waals surface area contributed by atoms with Crippen molar-refractivity contribution in [1.29, 1.82) is 0 Å². The summed E-state index contributed by atoms with van der Waals surface area (Å²) in [6, 6.07) is 0. The van der Waals surface area contributed by atoms with Crippen molar-refractivity contribution in [2.24, 2.45) is 5.73 Å². The molecule has 0 unspecified atom stereocenters. The molecule has 0 aromatic heterocycles. The number of rotatable bonds is 0. The number of allylic oxidation sites excluding steroid dienone is 3. The average molecular weight is 164 g/mol. The Hall–Kier alpha value is -1.02. The largest absolute Gasteiger partial charge is 0.399 e. The molecule has 1 aliphatic rings. The van der Waals surface area contributed by atoms with Crippen molar-refractivity contribution < 1.29 is 0 Å². The van der Waals surface area contributed by atoms with Crippen LogP contribution in [0.15, 0.2) is 36.1 Å². The molecule has 0 amide bonds. The number of nitrogens with two attached hydrogens (primary N) is 1. The van der Waals surface area contributed by atoms with Crippen LogP contribution in [0, 0.1) is 0 Å². The van der Waals surface area contributed by atoms with Crippen LogP contribution in [-0.2, 0) is 0 Å². The van der Waals surface area contributed by atoms with Gasteiger partial charge in [-0.1, -0.05) is 18.2 Å². The summed E-state index contributed by atoms with van der Waals surface area (Å²) in [5.41, 5.74) is 6.51. The predicted molar refractivity (Wildman–Crippen MR) is 52.7 cm³/mol. The standard InChI is InChI=1S/C10H16N2/c11-10-6-2-1-4-8-12-9-5-3-7-10/h1-3,6-7,12H,4-5,8-9,11H2/b2-1+,7-3+,10-6+. The van der Waals surface area contributed by atoms with Crippen molar-refractivity contribution >= 4 is 0 Å². The number of nitrogens with one attached hydrogen (secondary N) is 1. The fourth-order valence-corrected chi connectivity index (χ4v) is 1.05. The van der Waals surface area contributed by atoms with E-state index in [2.05, 4.69) is 17.5 Å². The highest BCUT2D eigenvalue weighted by Crippen LogP contribution is 1.93. The minimum absolute atomic E-state index is 0.827. The third-order valence-electron chi connectivity index (χ3n) is 1.71. The lowest BCUT2D eigenvalue weighted by Gasteiger charge is -1.97. The Labute approximate surface area is 73.8 Å². The lowest BCUT2D eigenvalue weighted by atomic mass is 10.3. The van der Waals surface area contributed by atoms with Crippen molar-refractivity contribution in [1.82, 2.24) is 5.32 Å². The van der Waals surface area contributed by atoms with E-state index in [0.29, 0.717) is 0 Å². The molecule has 0 saturated heterocycles. The monoisotopic (exact) mass is 164 g/mol. The molecular weight excluding hydrogens is 148 g/mol. The Morgan fingerprint density at radius 1 is 1.17 bits per heavy atom. The molecule has 0 bridgehead atoms. The Morgan fingerprint density at radius 2 is 1.92 bits per heavy atom. The van der Waals surface area contributed by atoms with Gasteiger partial charge < -0.3 is 11.1 Å². The van der Waals surface area contributed by atoms with Gasteiger partial charge in [0, 0.05) is 5.70 Å². The van der Waals surface area contributed by atoms with E-state index in [1.54, 1.807) is 0 Å². The van der Waals surface area contributed by atoms with Gasteiger partial charge in [-0.05, 0) is 38.1 Å². The summed E-state index contributed by atoms with van der Waals surface area (Å²) in [6.07, 6.45) is 12.2.